The maximum absolute atomic E-state index is 6.01. The third kappa shape index (κ3) is 2.90. The molecule has 23 heavy (non-hydrogen) atoms. The van der Waals surface area contributed by atoms with Gasteiger partial charge in [-0.2, -0.15) is 0 Å². The summed E-state index contributed by atoms with van der Waals surface area (Å²) in [5.74, 6) is 0.594. The molecular weight excluding hydrogens is 290 g/mol. The van der Waals surface area contributed by atoms with E-state index in [1.54, 1.807) is 6.20 Å². The number of H-pyrrole nitrogens is 1. The predicted octanol–water partition coefficient (Wildman–Crippen LogP) is 2.46. The maximum Gasteiger partial charge on any atom is 0.233 e. The molecule has 6 heteroatoms. The minimum Gasteiger partial charge on any atom is -0.473 e. The lowest BCUT2D eigenvalue weighted by Crippen LogP contribution is -2.34. The summed E-state index contributed by atoms with van der Waals surface area (Å²) < 4.78 is 6.01. The Hall–Kier alpha value is -2.47. The molecule has 0 saturated carbocycles. The van der Waals surface area contributed by atoms with Crippen molar-refractivity contribution in [2.24, 2.45) is 0 Å². The normalized spacial score (nSPS) is 15.9. The van der Waals surface area contributed by atoms with E-state index in [9.17, 15) is 0 Å². The summed E-state index contributed by atoms with van der Waals surface area (Å²) in [6.07, 6.45) is 7.67. The molecule has 0 spiro atoms. The van der Waals surface area contributed by atoms with Gasteiger partial charge in [0.2, 0.25) is 5.88 Å². The molecule has 0 atom stereocenters. The number of nitrogens with one attached hydrogen (secondary N) is 2. The van der Waals surface area contributed by atoms with Gasteiger partial charge in [-0.05, 0) is 50.6 Å². The summed E-state index contributed by atoms with van der Waals surface area (Å²) in [4.78, 5) is 16.5. The van der Waals surface area contributed by atoms with Crippen molar-refractivity contribution in [2.45, 2.75) is 25.9 Å². The van der Waals surface area contributed by atoms with Crippen LogP contribution in [0.15, 0.2) is 30.7 Å². The van der Waals surface area contributed by atoms with Crippen molar-refractivity contribution >= 4 is 11.2 Å². The van der Waals surface area contributed by atoms with Gasteiger partial charge in [0.05, 0.1) is 6.20 Å². The van der Waals surface area contributed by atoms with E-state index >= 15 is 0 Å². The summed E-state index contributed by atoms with van der Waals surface area (Å²) in [6, 6.07) is 4.03. The van der Waals surface area contributed by atoms with Crippen molar-refractivity contribution in [3.8, 4) is 17.0 Å². The lowest BCUT2D eigenvalue weighted by Gasteiger charge is -2.23. The molecule has 1 saturated heterocycles. The van der Waals surface area contributed by atoms with E-state index in [1.165, 1.54) is 0 Å². The van der Waals surface area contributed by atoms with Crippen LogP contribution in [0, 0.1) is 6.92 Å². The number of aryl methyl sites for hydroxylation is 1. The van der Waals surface area contributed by atoms with E-state index in [0.717, 1.165) is 53.9 Å². The summed E-state index contributed by atoms with van der Waals surface area (Å²) in [7, 11) is 0. The number of rotatable bonds is 3. The van der Waals surface area contributed by atoms with Gasteiger partial charge in [0, 0.05) is 23.7 Å². The van der Waals surface area contributed by atoms with Gasteiger partial charge in [-0.25, -0.2) is 9.97 Å². The molecule has 1 aliphatic heterocycles. The Morgan fingerprint density at radius 2 is 2.09 bits per heavy atom. The first-order valence-corrected chi connectivity index (χ1v) is 7.94. The predicted molar refractivity (Wildman–Crippen MR) is 88.4 cm³/mol. The Bertz CT molecular complexity index is 823. The Kier molecular flexibility index (Phi) is 3.67. The second-order valence-electron chi connectivity index (χ2n) is 5.86. The monoisotopic (exact) mass is 309 g/mol. The van der Waals surface area contributed by atoms with E-state index in [0.29, 0.717) is 5.88 Å². The number of fused-ring (bicyclic) bond motifs is 1. The van der Waals surface area contributed by atoms with E-state index < -0.39 is 0 Å². The molecule has 1 aliphatic rings. The average molecular weight is 309 g/mol. The number of aromatic nitrogens is 4. The van der Waals surface area contributed by atoms with Gasteiger partial charge in [-0.15, -0.1) is 0 Å². The summed E-state index contributed by atoms with van der Waals surface area (Å²) in [5.41, 5.74) is 4.69. The summed E-state index contributed by atoms with van der Waals surface area (Å²) >= 11 is 0. The molecule has 3 aromatic heterocycles. The first-order chi connectivity index (χ1) is 11.3. The molecule has 0 amide bonds. The fourth-order valence-corrected chi connectivity index (χ4v) is 2.95. The second-order valence-corrected chi connectivity index (χ2v) is 5.86. The fraction of sp³-hybridized carbons (Fsp3) is 0.353. The van der Waals surface area contributed by atoms with Gasteiger partial charge < -0.3 is 15.0 Å². The van der Waals surface area contributed by atoms with Crippen LogP contribution < -0.4 is 10.1 Å². The molecule has 0 radical (unpaired) electrons. The topological polar surface area (TPSA) is 75.7 Å². The largest absolute Gasteiger partial charge is 0.473 e. The Morgan fingerprint density at radius 1 is 1.22 bits per heavy atom. The quantitative estimate of drug-likeness (QED) is 0.777. The number of hydrogen-bond acceptors (Lipinski definition) is 5. The van der Waals surface area contributed by atoms with Gasteiger partial charge in [-0.3, -0.25) is 4.98 Å². The van der Waals surface area contributed by atoms with Crippen molar-refractivity contribution in [3.05, 3.63) is 36.4 Å². The minimum absolute atomic E-state index is 0.216. The number of nitrogens with zero attached hydrogens (tertiary/aromatic N) is 3. The molecule has 4 heterocycles. The van der Waals surface area contributed by atoms with Crippen LogP contribution in [-0.2, 0) is 0 Å². The molecule has 2 N–H and O–H groups in total. The molecule has 0 bridgehead atoms. The van der Waals surface area contributed by atoms with Crippen LogP contribution in [-0.4, -0.2) is 39.1 Å². The molecule has 6 nitrogen and oxygen atoms in total. The van der Waals surface area contributed by atoms with E-state index in [4.69, 9.17) is 4.74 Å². The summed E-state index contributed by atoms with van der Waals surface area (Å²) in [5, 5.41) is 3.33. The smallest absolute Gasteiger partial charge is 0.233 e. The summed E-state index contributed by atoms with van der Waals surface area (Å²) in [6.45, 7) is 3.97. The zero-order valence-corrected chi connectivity index (χ0v) is 13.0. The highest BCUT2D eigenvalue weighted by atomic mass is 16.5. The second kappa shape index (κ2) is 5.96. The van der Waals surface area contributed by atoms with Gasteiger partial charge in [0.15, 0.2) is 5.65 Å². The van der Waals surface area contributed by atoms with Crippen LogP contribution in [0.3, 0.4) is 0 Å². The van der Waals surface area contributed by atoms with E-state index in [-0.39, 0.29) is 6.10 Å². The number of ether oxygens (including phenoxy) is 1. The molecule has 118 valence electrons. The third-order valence-electron chi connectivity index (χ3n) is 4.14. The molecule has 0 unspecified atom stereocenters. The van der Waals surface area contributed by atoms with Crippen LogP contribution in [0.5, 0.6) is 5.88 Å². The average Bonchev–Trinajstić information content (AvgIpc) is 2.99. The third-order valence-corrected chi connectivity index (χ3v) is 4.14. The van der Waals surface area contributed by atoms with Crippen molar-refractivity contribution in [1.29, 1.82) is 0 Å². The Morgan fingerprint density at radius 3 is 2.91 bits per heavy atom. The Balaban J connectivity index is 1.68. The lowest BCUT2D eigenvalue weighted by atomic mass is 10.1. The van der Waals surface area contributed by atoms with Crippen molar-refractivity contribution in [2.75, 3.05) is 13.1 Å². The fourth-order valence-electron chi connectivity index (χ4n) is 2.95. The zero-order chi connectivity index (χ0) is 15.6. The highest BCUT2D eigenvalue weighted by Gasteiger charge is 2.16. The van der Waals surface area contributed by atoms with Gasteiger partial charge in [-0.1, -0.05) is 0 Å². The lowest BCUT2D eigenvalue weighted by molar-refractivity contribution is 0.156. The van der Waals surface area contributed by atoms with Gasteiger partial charge in [0.1, 0.15) is 11.6 Å². The molecule has 4 rings (SSSR count). The van der Waals surface area contributed by atoms with Crippen LogP contribution in [0.4, 0.5) is 0 Å². The maximum atomic E-state index is 6.01. The molecule has 1 fully saturated rings. The molecular formula is C17H19N5O. The molecule has 3 aromatic rings. The van der Waals surface area contributed by atoms with Crippen LogP contribution >= 0.6 is 0 Å². The standard InChI is InChI=1S/C17H19N5O/c1-11-8-12(2-7-19-11)14-9-20-17-16(14)22-15(10-21-17)23-13-3-5-18-6-4-13/h2,7-10,13,18H,3-6H2,1H3,(H,20,21). The SMILES string of the molecule is Cc1cc(-c2c[nH]c3ncc(OC4CCNCC4)nc23)ccn1. The highest BCUT2D eigenvalue weighted by Crippen LogP contribution is 2.28. The highest BCUT2D eigenvalue weighted by molar-refractivity contribution is 5.90. The molecule has 0 aliphatic carbocycles. The van der Waals surface area contributed by atoms with Crippen LogP contribution in [0.2, 0.25) is 0 Å². The minimum atomic E-state index is 0.216. The van der Waals surface area contributed by atoms with E-state index in [1.807, 2.05) is 31.5 Å². The van der Waals surface area contributed by atoms with Gasteiger partial charge >= 0.3 is 0 Å². The van der Waals surface area contributed by atoms with Crippen molar-refractivity contribution in [3.63, 3.8) is 0 Å². The van der Waals surface area contributed by atoms with Crippen LogP contribution in [0.1, 0.15) is 18.5 Å². The first-order valence-electron chi connectivity index (χ1n) is 7.94. The number of aromatic amines is 1. The first kappa shape index (κ1) is 14.1. The van der Waals surface area contributed by atoms with Crippen LogP contribution in [0.25, 0.3) is 22.3 Å². The number of pyridine rings is 1. The number of hydrogen-bond donors (Lipinski definition) is 2. The number of piperidine rings is 1. The molecule has 0 aromatic carbocycles. The zero-order valence-electron chi connectivity index (χ0n) is 13.0. The van der Waals surface area contributed by atoms with E-state index in [2.05, 4.69) is 25.3 Å². The van der Waals surface area contributed by atoms with Crippen molar-refractivity contribution in [1.82, 2.24) is 25.3 Å². The van der Waals surface area contributed by atoms with Gasteiger partial charge in [0.25, 0.3) is 0 Å². The Labute approximate surface area is 134 Å². The van der Waals surface area contributed by atoms with Crippen molar-refractivity contribution < 1.29 is 4.74 Å².